The van der Waals surface area contributed by atoms with Crippen LogP contribution < -0.4 is 10.1 Å². The second-order valence-electron chi connectivity index (χ2n) is 4.51. The number of nitrogens with one attached hydrogen (secondary N) is 1. The van der Waals surface area contributed by atoms with Crippen LogP contribution in [-0.4, -0.2) is 13.7 Å². The lowest BCUT2D eigenvalue weighted by molar-refractivity contribution is 0.414. The SMILES string of the molecule is COc1ccc(CCNCc2cc(F)ccc2Br)cc1. The Labute approximate surface area is 127 Å². The molecule has 0 heterocycles. The van der Waals surface area contributed by atoms with Gasteiger partial charge < -0.3 is 10.1 Å². The van der Waals surface area contributed by atoms with Crippen molar-refractivity contribution in [1.29, 1.82) is 0 Å². The number of hydrogen-bond acceptors (Lipinski definition) is 2. The van der Waals surface area contributed by atoms with Crippen molar-refractivity contribution in [3.8, 4) is 5.75 Å². The van der Waals surface area contributed by atoms with Crippen LogP contribution in [-0.2, 0) is 13.0 Å². The molecule has 0 spiro atoms. The third kappa shape index (κ3) is 4.32. The second-order valence-corrected chi connectivity index (χ2v) is 5.36. The van der Waals surface area contributed by atoms with Crippen molar-refractivity contribution in [2.75, 3.05) is 13.7 Å². The molecular formula is C16H17BrFNO. The highest BCUT2D eigenvalue weighted by molar-refractivity contribution is 9.10. The molecule has 2 rings (SSSR count). The molecule has 0 aliphatic rings. The highest BCUT2D eigenvalue weighted by atomic mass is 79.9. The van der Waals surface area contributed by atoms with E-state index in [2.05, 4.69) is 33.4 Å². The van der Waals surface area contributed by atoms with Gasteiger partial charge in [-0.2, -0.15) is 0 Å². The number of methoxy groups -OCH3 is 1. The van der Waals surface area contributed by atoms with Gasteiger partial charge in [-0.05, 0) is 54.4 Å². The van der Waals surface area contributed by atoms with Crippen LogP contribution in [0.3, 0.4) is 0 Å². The van der Waals surface area contributed by atoms with Gasteiger partial charge in [0.2, 0.25) is 0 Å². The maximum atomic E-state index is 13.1. The first kappa shape index (κ1) is 15.0. The normalized spacial score (nSPS) is 10.6. The lowest BCUT2D eigenvalue weighted by Crippen LogP contribution is -2.17. The molecule has 0 amide bonds. The van der Waals surface area contributed by atoms with Gasteiger partial charge in [-0.25, -0.2) is 4.39 Å². The highest BCUT2D eigenvalue weighted by Gasteiger charge is 2.01. The van der Waals surface area contributed by atoms with Crippen molar-refractivity contribution in [2.45, 2.75) is 13.0 Å². The van der Waals surface area contributed by atoms with Crippen LogP contribution in [0.2, 0.25) is 0 Å². The van der Waals surface area contributed by atoms with Gasteiger partial charge >= 0.3 is 0 Å². The summed E-state index contributed by atoms with van der Waals surface area (Å²) in [5.41, 5.74) is 2.18. The van der Waals surface area contributed by atoms with Crippen molar-refractivity contribution in [3.63, 3.8) is 0 Å². The summed E-state index contributed by atoms with van der Waals surface area (Å²) < 4.78 is 19.2. The molecule has 0 saturated heterocycles. The van der Waals surface area contributed by atoms with Crippen molar-refractivity contribution < 1.29 is 9.13 Å². The van der Waals surface area contributed by atoms with E-state index in [1.165, 1.54) is 11.6 Å². The predicted octanol–water partition coefficient (Wildman–Crippen LogP) is 3.93. The van der Waals surface area contributed by atoms with Crippen molar-refractivity contribution in [2.24, 2.45) is 0 Å². The fourth-order valence-electron chi connectivity index (χ4n) is 1.93. The summed E-state index contributed by atoms with van der Waals surface area (Å²) in [5.74, 6) is 0.658. The summed E-state index contributed by atoms with van der Waals surface area (Å²) in [6, 6.07) is 12.7. The Morgan fingerprint density at radius 2 is 1.90 bits per heavy atom. The zero-order valence-electron chi connectivity index (χ0n) is 11.3. The van der Waals surface area contributed by atoms with E-state index in [0.29, 0.717) is 6.54 Å². The Morgan fingerprint density at radius 3 is 2.60 bits per heavy atom. The molecule has 0 aliphatic carbocycles. The molecule has 0 aliphatic heterocycles. The minimum atomic E-state index is -0.208. The van der Waals surface area contributed by atoms with Gasteiger partial charge in [0.05, 0.1) is 7.11 Å². The summed E-state index contributed by atoms with van der Waals surface area (Å²) in [7, 11) is 1.66. The van der Waals surface area contributed by atoms with E-state index in [1.807, 2.05) is 12.1 Å². The predicted molar refractivity (Wildman–Crippen MR) is 82.5 cm³/mol. The Kier molecular flexibility index (Phi) is 5.56. The summed E-state index contributed by atoms with van der Waals surface area (Å²) in [6.07, 6.45) is 0.928. The lowest BCUT2D eigenvalue weighted by atomic mass is 10.1. The lowest BCUT2D eigenvalue weighted by Gasteiger charge is -2.08. The van der Waals surface area contributed by atoms with Crippen molar-refractivity contribution in [3.05, 3.63) is 63.9 Å². The van der Waals surface area contributed by atoms with E-state index < -0.39 is 0 Å². The number of rotatable bonds is 6. The van der Waals surface area contributed by atoms with Crippen molar-refractivity contribution in [1.82, 2.24) is 5.32 Å². The third-order valence-electron chi connectivity index (χ3n) is 3.07. The zero-order valence-corrected chi connectivity index (χ0v) is 12.9. The van der Waals surface area contributed by atoms with Gasteiger partial charge in [-0.3, -0.25) is 0 Å². The molecule has 0 bridgehead atoms. The van der Waals surface area contributed by atoms with Gasteiger partial charge in [-0.15, -0.1) is 0 Å². The van der Waals surface area contributed by atoms with E-state index in [-0.39, 0.29) is 5.82 Å². The maximum absolute atomic E-state index is 13.1. The smallest absolute Gasteiger partial charge is 0.123 e. The fraction of sp³-hybridized carbons (Fsp3) is 0.250. The Hall–Kier alpha value is -1.39. The number of halogens is 2. The van der Waals surface area contributed by atoms with Gasteiger partial charge in [0, 0.05) is 11.0 Å². The third-order valence-corrected chi connectivity index (χ3v) is 3.85. The summed E-state index contributed by atoms with van der Waals surface area (Å²) in [6.45, 7) is 1.49. The molecule has 0 atom stereocenters. The molecule has 4 heteroatoms. The second kappa shape index (κ2) is 7.41. The minimum Gasteiger partial charge on any atom is -0.497 e. The molecule has 106 valence electrons. The van der Waals surface area contributed by atoms with Crippen LogP contribution in [0.1, 0.15) is 11.1 Å². The Balaban J connectivity index is 1.79. The first-order valence-electron chi connectivity index (χ1n) is 6.46. The fourth-order valence-corrected chi connectivity index (χ4v) is 2.31. The summed E-state index contributed by atoms with van der Waals surface area (Å²) in [5, 5.41) is 3.32. The largest absolute Gasteiger partial charge is 0.497 e. The number of hydrogen-bond donors (Lipinski definition) is 1. The van der Waals surface area contributed by atoms with E-state index in [1.54, 1.807) is 19.2 Å². The van der Waals surface area contributed by atoms with E-state index in [0.717, 1.165) is 28.8 Å². The van der Waals surface area contributed by atoms with Gasteiger partial charge in [0.15, 0.2) is 0 Å². The average Bonchev–Trinajstić information content (AvgIpc) is 2.47. The summed E-state index contributed by atoms with van der Waals surface area (Å²) >= 11 is 3.42. The molecule has 2 aromatic carbocycles. The maximum Gasteiger partial charge on any atom is 0.123 e. The quantitative estimate of drug-likeness (QED) is 0.806. The first-order valence-corrected chi connectivity index (χ1v) is 7.26. The standard InChI is InChI=1S/C16H17BrFNO/c1-20-15-5-2-12(3-6-15)8-9-19-11-13-10-14(18)4-7-16(13)17/h2-7,10,19H,8-9,11H2,1H3. The van der Waals surface area contributed by atoms with Crippen LogP contribution >= 0.6 is 15.9 Å². The number of benzene rings is 2. The molecule has 0 radical (unpaired) electrons. The molecular weight excluding hydrogens is 321 g/mol. The van der Waals surface area contributed by atoms with E-state index in [4.69, 9.17) is 4.74 Å². The number of ether oxygens (including phenoxy) is 1. The zero-order chi connectivity index (χ0) is 14.4. The topological polar surface area (TPSA) is 21.3 Å². The highest BCUT2D eigenvalue weighted by Crippen LogP contribution is 2.17. The molecule has 1 N–H and O–H groups in total. The molecule has 0 fully saturated rings. The van der Waals surface area contributed by atoms with Crippen molar-refractivity contribution >= 4 is 15.9 Å². The van der Waals surface area contributed by atoms with Crippen LogP contribution in [0.25, 0.3) is 0 Å². The van der Waals surface area contributed by atoms with E-state index in [9.17, 15) is 4.39 Å². The molecule has 2 nitrogen and oxygen atoms in total. The van der Waals surface area contributed by atoms with Crippen LogP contribution in [0.5, 0.6) is 5.75 Å². The van der Waals surface area contributed by atoms with Gasteiger partial charge in [-0.1, -0.05) is 28.1 Å². The Bertz CT molecular complexity index is 557. The monoisotopic (exact) mass is 337 g/mol. The Morgan fingerprint density at radius 1 is 1.15 bits per heavy atom. The van der Waals surface area contributed by atoms with Gasteiger partial charge in [0.25, 0.3) is 0 Å². The minimum absolute atomic E-state index is 0.208. The average molecular weight is 338 g/mol. The molecule has 0 aromatic heterocycles. The summed E-state index contributed by atoms with van der Waals surface area (Å²) in [4.78, 5) is 0. The molecule has 20 heavy (non-hydrogen) atoms. The molecule has 0 unspecified atom stereocenters. The van der Waals surface area contributed by atoms with E-state index >= 15 is 0 Å². The van der Waals surface area contributed by atoms with Gasteiger partial charge in [0.1, 0.15) is 11.6 Å². The van der Waals surface area contributed by atoms with Crippen LogP contribution in [0.4, 0.5) is 4.39 Å². The molecule has 2 aromatic rings. The molecule has 0 saturated carbocycles. The first-order chi connectivity index (χ1) is 9.69. The van der Waals surface area contributed by atoms with Crippen LogP contribution in [0.15, 0.2) is 46.9 Å². The van der Waals surface area contributed by atoms with Crippen LogP contribution in [0, 0.1) is 5.82 Å².